The summed E-state index contributed by atoms with van der Waals surface area (Å²) in [5.41, 5.74) is 1.03. The quantitative estimate of drug-likeness (QED) is 0.606. The van der Waals surface area contributed by atoms with Crippen LogP contribution in [0.15, 0.2) is 24.3 Å². The van der Waals surface area contributed by atoms with Gasteiger partial charge in [0.25, 0.3) is 0 Å². The number of hydrogen-bond acceptors (Lipinski definition) is 4. The topological polar surface area (TPSA) is 61.7 Å². The number of nitrogens with one attached hydrogen (secondary N) is 1. The predicted octanol–water partition coefficient (Wildman–Crippen LogP) is 1.75. The lowest BCUT2D eigenvalue weighted by molar-refractivity contribution is -0.00203. The highest BCUT2D eigenvalue weighted by molar-refractivity contribution is 6.30. The Bertz CT molecular complexity index is 345. The molecule has 1 aromatic rings. The minimum Gasteiger partial charge on any atom is -0.396 e. The molecule has 108 valence electrons. The number of aliphatic hydroxyl groups is 2. The number of halogens is 1. The Balaban J connectivity index is 2.22. The summed E-state index contributed by atoms with van der Waals surface area (Å²) in [6.45, 7) is 3.53. The molecule has 0 amide bonds. The zero-order chi connectivity index (χ0) is 14.1. The fourth-order valence-corrected chi connectivity index (χ4v) is 1.74. The van der Waals surface area contributed by atoms with Gasteiger partial charge in [-0.2, -0.15) is 0 Å². The molecule has 0 fully saturated rings. The van der Waals surface area contributed by atoms with Crippen molar-refractivity contribution in [2.45, 2.75) is 25.6 Å². The highest BCUT2D eigenvalue weighted by Crippen LogP contribution is 2.19. The molecule has 0 aliphatic heterocycles. The van der Waals surface area contributed by atoms with Crippen molar-refractivity contribution < 1.29 is 14.9 Å². The van der Waals surface area contributed by atoms with Crippen LogP contribution in [0.25, 0.3) is 0 Å². The zero-order valence-electron chi connectivity index (χ0n) is 11.2. The Morgan fingerprint density at radius 1 is 1.32 bits per heavy atom. The second-order valence-corrected chi connectivity index (χ2v) is 4.90. The van der Waals surface area contributed by atoms with Crippen LogP contribution in [0.4, 0.5) is 0 Å². The van der Waals surface area contributed by atoms with E-state index in [1.165, 1.54) is 0 Å². The van der Waals surface area contributed by atoms with E-state index in [9.17, 15) is 5.11 Å². The van der Waals surface area contributed by atoms with Crippen molar-refractivity contribution in [1.29, 1.82) is 0 Å². The van der Waals surface area contributed by atoms with Crippen molar-refractivity contribution in [3.05, 3.63) is 34.9 Å². The first kappa shape index (κ1) is 16.4. The molecule has 2 unspecified atom stereocenters. The first-order valence-corrected chi connectivity index (χ1v) is 6.88. The molecule has 0 aliphatic carbocycles. The van der Waals surface area contributed by atoms with Gasteiger partial charge in [-0.3, -0.25) is 0 Å². The summed E-state index contributed by atoms with van der Waals surface area (Å²) in [6.07, 6.45) is 0.0622. The fraction of sp³-hybridized carbons (Fsp3) is 0.571. The van der Waals surface area contributed by atoms with E-state index < -0.39 is 6.10 Å². The Kier molecular flexibility index (Phi) is 8.02. The molecule has 1 rings (SSSR count). The summed E-state index contributed by atoms with van der Waals surface area (Å²) < 4.78 is 5.60. The van der Waals surface area contributed by atoms with Crippen LogP contribution in [0.3, 0.4) is 0 Å². The van der Waals surface area contributed by atoms with E-state index in [0.29, 0.717) is 24.5 Å². The van der Waals surface area contributed by atoms with Gasteiger partial charge in [0.15, 0.2) is 0 Å². The van der Waals surface area contributed by atoms with Crippen molar-refractivity contribution in [2.75, 3.05) is 26.3 Å². The lowest BCUT2D eigenvalue weighted by Crippen LogP contribution is -2.31. The van der Waals surface area contributed by atoms with Crippen molar-refractivity contribution in [1.82, 2.24) is 5.32 Å². The second kappa shape index (κ2) is 9.28. The van der Waals surface area contributed by atoms with Crippen LogP contribution in [0.1, 0.15) is 25.0 Å². The van der Waals surface area contributed by atoms with Crippen LogP contribution >= 0.6 is 11.6 Å². The average molecular weight is 288 g/mol. The Morgan fingerprint density at radius 2 is 2.00 bits per heavy atom. The maximum absolute atomic E-state index is 9.72. The van der Waals surface area contributed by atoms with Crippen molar-refractivity contribution >= 4 is 11.6 Å². The fourth-order valence-electron chi connectivity index (χ4n) is 1.62. The Morgan fingerprint density at radius 3 is 2.63 bits per heavy atom. The minimum absolute atomic E-state index is 0.0793. The van der Waals surface area contributed by atoms with E-state index in [1.54, 1.807) is 0 Å². The molecule has 5 heteroatoms. The molecule has 0 aliphatic rings. The maximum atomic E-state index is 9.72. The van der Waals surface area contributed by atoms with Gasteiger partial charge in [0.1, 0.15) is 0 Å². The van der Waals surface area contributed by atoms with Crippen molar-refractivity contribution in [3.63, 3.8) is 0 Å². The largest absolute Gasteiger partial charge is 0.396 e. The number of rotatable bonds is 9. The van der Waals surface area contributed by atoms with Gasteiger partial charge in [0.05, 0.1) is 18.8 Å². The third-order valence-electron chi connectivity index (χ3n) is 2.77. The number of hydrogen-bond donors (Lipinski definition) is 3. The van der Waals surface area contributed by atoms with Gasteiger partial charge in [-0.1, -0.05) is 23.7 Å². The lowest BCUT2D eigenvalue weighted by Gasteiger charge is -2.17. The van der Waals surface area contributed by atoms with Gasteiger partial charge in [0.2, 0.25) is 0 Å². The molecular weight excluding hydrogens is 266 g/mol. The van der Waals surface area contributed by atoms with Crippen molar-refractivity contribution in [2.24, 2.45) is 0 Å². The molecule has 0 heterocycles. The third-order valence-corrected chi connectivity index (χ3v) is 3.02. The molecule has 1 aromatic carbocycles. The second-order valence-electron chi connectivity index (χ2n) is 4.46. The van der Waals surface area contributed by atoms with Gasteiger partial charge in [-0.15, -0.1) is 0 Å². The lowest BCUT2D eigenvalue weighted by atomic mass is 10.1. The van der Waals surface area contributed by atoms with Crippen molar-refractivity contribution in [3.8, 4) is 0 Å². The summed E-state index contributed by atoms with van der Waals surface area (Å²) in [6, 6.07) is 7.48. The SMILES string of the molecule is CC(OCC(O)CNCCCO)c1ccc(Cl)cc1. The number of aliphatic hydroxyl groups excluding tert-OH is 2. The summed E-state index contributed by atoms with van der Waals surface area (Å²) >= 11 is 5.82. The first-order chi connectivity index (χ1) is 9.13. The maximum Gasteiger partial charge on any atom is 0.0897 e. The summed E-state index contributed by atoms with van der Waals surface area (Å²) in [5, 5.41) is 22.1. The predicted molar refractivity (Wildman–Crippen MR) is 76.4 cm³/mol. The summed E-state index contributed by atoms with van der Waals surface area (Å²) in [7, 11) is 0. The molecular formula is C14H22ClNO3. The van der Waals surface area contributed by atoms with Gasteiger partial charge in [-0.05, 0) is 37.6 Å². The van der Waals surface area contributed by atoms with E-state index in [-0.39, 0.29) is 19.3 Å². The Hall–Kier alpha value is -0.650. The molecule has 0 spiro atoms. The molecule has 0 aromatic heterocycles. The van der Waals surface area contributed by atoms with Crippen LogP contribution in [-0.2, 0) is 4.74 Å². The van der Waals surface area contributed by atoms with E-state index >= 15 is 0 Å². The van der Waals surface area contributed by atoms with E-state index in [1.807, 2.05) is 31.2 Å². The Labute approximate surface area is 119 Å². The van der Waals surface area contributed by atoms with Gasteiger partial charge < -0.3 is 20.3 Å². The monoisotopic (exact) mass is 287 g/mol. The summed E-state index contributed by atoms with van der Waals surface area (Å²) in [4.78, 5) is 0. The van der Waals surface area contributed by atoms with E-state index in [4.69, 9.17) is 21.4 Å². The van der Waals surface area contributed by atoms with Crippen LogP contribution in [0.5, 0.6) is 0 Å². The molecule has 0 saturated heterocycles. The standard InChI is InChI=1S/C14H22ClNO3/c1-11(12-3-5-13(15)6-4-12)19-10-14(18)9-16-7-2-8-17/h3-6,11,14,16-18H,2,7-10H2,1H3. The molecule has 0 saturated carbocycles. The number of benzene rings is 1. The number of ether oxygens (including phenoxy) is 1. The molecule has 4 nitrogen and oxygen atoms in total. The van der Waals surface area contributed by atoms with E-state index in [2.05, 4.69) is 5.32 Å². The molecule has 3 N–H and O–H groups in total. The zero-order valence-corrected chi connectivity index (χ0v) is 11.9. The smallest absolute Gasteiger partial charge is 0.0897 e. The van der Waals surface area contributed by atoms with E-state index in [0.717, 1.165) is 5.56 Å². The van der Waals surface area contributed by atoms with Gasteiger partial charge in [0, 0.05) is 18.2 Å². The third kappa shape index (κ3) is 6.89. The highest BCUT2D eigenvalue weighted by atomic mass is 35.5. The summed E-state index contributed by atoms with van der Waals surface area (Å²) in [5.74, 6) is 0. The molecule has 19 heavy (non-hydrogen) atoms. The van der Waals surface area contributed by atoms with Gasteiger partial charge in [-0.25, -0.2) is 0 Å². The van der Waals surface area contributed by atoms with Crippen LogP contribution in [0, 0.1) is 0 Å². The van der Waals surface area contributed by atoms with Crippen LogP contribution in [0.2, 0.25) is 5.02 Å². The molecule has 0 radical (unpaired) electrons. The highest BCUT2D eigenvalue weighted by Gasteiger charge is 2.09. The van der Waals surface area contributed by atoms with Crippen LogP contribution in [-0.4, -0.2) is 42.6 Å². The molecule has 2 atom stereocenters. The van der Waals surface area contributed by atoms with Gasteiger partial charge >= 0.3 is 0 Å². The van der Waals surface area contributed by atoms with Crippen LogP contribution < -0.4 is 5.32 Å². The average Bonchev–Trinajstić information content (AvgIpc) is 2.42. The normalized spacial score (nSPS) is 14.3. The first-order valence-electron chi connectivity index (χ1n) is 6.50. The molecule has 0 bridgehead atoms. The minimum atomic E-state index is -0.548.